The monoisotopic (exact) mass is 1300 g/mol. The topological polar surface area (TPSA) is 347 Å². The number of aromatic nitrogens is 6. The van der Waals surface area contributed by atoms with Crippen LogP contribution >= 0.6 is 68.0 Å². The summed E-state index contributed by atoms with van der Waals surface area (Å²) in [6.45, 7) is 0. The van der Waals surface area contributed by atoms with Gasteiger partial charge in [-0.05, 0) is 72.8 Å². The van der Waals surface area contributed by atoms with Crippen molar-refractivity contribution in [2.75, 3.05) is 0 Å². The Morgan fingerprint density at radius 2 is 0.344 bits per heavy atom. The number of hydrogen-bond acceptors (Lipinski definition) is 30. The van der Waals surface area contributed by atoms with E-state index in [2.05, 4.69) is 91.3 Å². The van der Waals surface area contributed by atoms with Crippen molar-refractivity contribution in [1.29, 1.82) is 0 Å². The number of phenolic OH excluding ortho intramolecular Hbond substituents is 6. The molecule has 6 heterocycles. The van der Waals surface area contributed by atoms with E-state index in [-0.39, 0.29) is 73.0 Å². The van der Waals surface area contributed by atoms with E-state index in [1.807, 2.05) is 0 Å². The van der Waals surface area contributed by atoms with Gasteiger partial charge in [-0.25, -0.2) is 29.9 Å². The minimum absolute atomic E-state index is 0.118. The number of thiazole rings is 6. The predicted molar refractivity (Wildman–Crippen MR) is 343 cm³/mol. The lowest BCUT2D eigenvalue weighted by molar-refractivity contribution is 0.451. The summed E-state index contributed by atoms with van der Waals surface area (Å²) in [5.41, 5.74) is 5.43. The van der Waals surface area contributed by atoms with Crippen molar-refractivity contribution in [2.45, 2.75) is 38.5 Å². The molecule has 24 nitrogen and oxygen atoms in total. The molecule has 6 aromatic carbocycles. The van der Waals surface area contributed by atoms with E-state index in [1.54, 1.807) is 142 Å². The van der Waals surface area contributed by atoms with Gasteiger partial charge in [-0.3, -0.25) is 0 Å². The lowest BCUT2D eigenvalue weighted by Gasteiger charge is -2.18. The van der Waals surface area contributed by atoms with Crippen molar-refractivity contribution in [2.24, 2.45) is 61.4 Å². The molecule has 0 aliphatic heterocycles. The molecule has 0 amide bonds. The fraction of sp³-hybridized carbons (Fsp3) is 0.100. The number of hydrogen-bond donors (Lipinski definition) is 6. The van der Waals surface area contributed by atoms with Gasteiger partial charge in [0.05, 0.1) is 34.1 Å². The maximum atomic E-state index is 12.6. The summed E-state index contributed by atoms with van der Waals surface area (Å²) in [6, 6.07) is 19.6. The van der Waals surface area contributed by atoms with Crippen LogP contribution in [0.2, 0.25) is 0 Å². The molecule has 0 unspecified atom stereocenters. The molecule has 0 radical (unpaired) electrons. The Morgan fingerprint density at radius 1 is 0.211 bits per heavy atom. The average molecular weight is 1300 g/mol. The van der Waals surface area contributed by atoms with Gasteiger partial charge in [0.15, 0.2) is 0 Å². The molecular formula is C60H42N18O6S6. The van der Waals surface area contributed by atoms with Crippen LogP contribution in [0.5, 0.6) is 34.5 Å². The summed E-state index contributed by atoms with van der Waals surface area (Å²) in [7, 11) is 0. The van der Waals surface area contributed by atoms with Crippen molar-refractivity contribution in [3.63, 3.8) is 0 Å². The fourth-order valence-corrected chi connectivity index (χ4v) is 12.6. The standard InChI is InChI=1S/C60H42N18O6S6/c79-49-31-13-33-21-44(68-74-56-62-2-8-86-56)23-35(50(33)80)15-37-25-46(70-76-58-64-4-10-88-58)27-39(52(37)82)17-41-29-48(72-78-60-66-6-12-90-60)30-42(54(41)84)18-40-28-47(71-77-59-65-5-11-89-59)26-38(53(40)83)16-36-24-45(69-75-57-63-3-9-87-57)22-34(51(36)81)14-32(49)20-43(19-31)67-73-55-61-1-7-85-55/h1-12,19-30,79-84H,13-18H2. The van der Waals surface area contributed by atoms with Crippen LogP contribution < -0.4 is 0 Å². The molecule has 6 aromatic heterocycles. The third-order valence-corrected chi connectivity index (χ3v) is 17.8. The zero-order chi connectivity index (χ0) is 61.5. The number of phenols is 6. The number of fused-ring (bicyclic) bond motifs is 12. The molecule has 0 fully saturated rings. The molecule has 30 heteroatoms. The van der Waals surface area contributed by atoms with Crippen LogP contribution in [0.25, 0.3) is 0 Å². The highest BCUT2D eigenvalue weighted by Crippen LogP contribution is 2.45. The van der Waals surface area contributed by atoms with E-state index >= 15 is 0 Å². The molecule has 1 aliphatic carbocycles. The van der Waals surface area contributed by atoms with Crippen LogP contribution in [0.4, 0.5) is 64.9 Å². The molecule has 0 saturated carbocycles. The summed E-state index contributed by atoms with van der Waals surface area (Å²) in [6.07, 6.45) is 8.91. The average Bonchev–Trinajstić information content (AvgIpc) is 1.34. The smallest absolute Gasteiger partial charge is 0.229 e. The second kappa shape index (κ2) is 26.5. The second-order valence-corrected chi connectivity index (χ2v) is 25.1. The predicted octanol–water partition coefficient (Wildman–Crippen LogP) is 19.0. The first kappa shape index (κ1) is 58.5. The quantitative estimate of drug-likeness (QED) is 0.0622. The van der Waals surface area contributed by atoms with Gasteiger partial charge in [-0.1, -0.05) is 0 Å². The largest absolute Gasteiger partial charge is 0.507 e. The van der Waals surface area contributed by atoms with Crippen molar-refractivity contribution in [1.82, 2.24) is 29.9 Å². The first-order valence-corrected chi connectivity index (χ1v) is 32.2. The summed E-state index contributed by atoms with van der Waals surface area (Å²) in [4.78, 5) is 25.6. The van der Waals surface area contributed by atoms with Gasteiger partial charge in [0.25, 0.3) is 0 Å². The Balaban J connectivity index is 1.03. The Bertz CT molecular complexity index is 3840. The van der Waals surface area contributed by atoms with Gasteiger partial charge in [0, 0.05) is 175 Å². The molecule has 0 saturated heterocycles. The molecule has 12 bridgehead atoms. The maximum Gasteiger partial charge on any atom is 0.229 e. The van der Waals surface area contributed by atoms with Crippen LogP contribution in [0.1, 0.15) is 66.8 Å². The summed E-state index contributed by atoms with van der Waals surface area (Å²) in [5, 5.41) is 142. The molecule has 90 heavy (non-hydrogen) atoms. The summed E-state index contributed by atoms with van der Waals surface area (Å²) >= 11 is 7.66. The highest BCUT2D eigenvalue weighted by atomic mass is 32.1. The normalized spacial score (nSPS) is 13.1. The van der Waals surface area contributed by atoms with Crippen molar-refractivity contribution < 1.29 is 30.6 Å². The lowest BCUT2D eigenvalue weighted by atomic mass is 9.90. The molecular weight excluding hydrogens is 1260 g/mol. The molecule has 0 spiro atoms. The van der Waals surface area contributed by atoms with Gasteiger partial charge in [-0.2, -0.15) is 0 Å². The summed E-state index contributed by atoms with van der Waals surface area (Å²) in [5.74, 6) is -1.14. The number of nitrogens with zero attached hydrogens (tertiary/aromatic N) is 18. The molecule has 1 aliphatic rings. The third-order valence-electron chi connectivity index (χ3n) is 13.8. The highest BCUT2D eigenvalue weighted by Gasteiger charge is 2.24. The van der Waals surface area contributed by atoms with Crippen LogP contribution in [0.15, 0.2) is 204 Å². The Kier molecular flexibility index (Phi) is 17.2. The SMILES string of the molecule is Oc1c2cc(N=Nc3nccs3)cc1Cc1cc(N=Nc3nccs3)cc(c1O)Cc1cc(N=Nc3nccs3)cc(c1O)Cc1cc(N=Nc3nccs3)cc(c1O)Cc1cc(N=Nc3nccs3)cc(c1O)Cc1cc(N=Nc3nccs3)cc(c1O)C2. The molecule has 444 valence electrons. The molecule has 0 atom stereocenters. The van der Waals surface area contributed by atoms with Crippen LogP contribution in [-0.4, -0.2) is 60.5 Å². The zero-order valence-corrected chi connectivity index (χ0v) is 51.2. The minimum atomic E-state index is -0.190. The molecule has 12 aromatic rings. The van der Waals surface area contributed by atoms with Crippen molar-refractivity contribution in [3.8, 4) is 34.5 Å². The number of rotatable bonds is 12. The van der Waals surface area contributed by atoms with Gasteiger partial charge < -0.3 is 30.6 Å². The Hall–Kier alpha value is -10.5. The van der Waals surface area contributed by atoms with Crippen molar-refractivity contribution >= 4 is 133 Å². The first-order valence-electron chi connectivity index (χ1n) is 26.9. The highest BCUT2D eigenvalue weighted by molar-refractivity contribution is 7.14. The minimum Gasteiger partial charge on any atom is -0.507 e. The van der Waals surface area contributed by atoms with Gasteiger partial charge in [0.1, 0.15) is 34.5 Å². The lowest BCUT2D eigenvalue weighted by Crippen LogP contribution is -2.01. The van der Waals surface area contributed by atoms with E-state index < -0.39 is 0 Å². The van der Waals surface area contributed by atoms with Crippen molar-refractivity contribution in [3.05, 3.63) is 209 Å². The van der Waals surface area contributed by atoms with E-state index in [0.717, 1.165) is 0 Å². The second-order valence-electron chi connectivity index (χ2n) is 19.8. The molecule has 6 N–H and O–H groups in total. The number of aromatic hydroxyl groups is 6. The number of benzene rings is 6. The summed E-state index contributed by atoms with van der Waals surface area (Å²) < 4.78 is 0. The zero-order valence-electron chi connectivity index (χ0n) is 46.3. The first-order chi connectivity index (χ1) is 44.0. The van der Waals surface area contributed by atoms with Gasteiger partial charge >= 0.3 is 0 Å². The maximum absolute atomic E-state index is 12.6. The third kappa shape index (κ3) is 13.8. The molecule has 13 rings (SSSR count). The Morgan fingerprint density at radius 3 is 0.456 bits per heavy atom. The van der Waals surface area contributed by atoms with Crippen LogP contribution in [-0.2, 0) is 38.5 Å². The van der Waals surface area contributed by atoms with Crippen LogP contribution in [0, 0.1) is 0 Å². The number of azo groups is 6. The van der Waals surface area contributed by atoms with E-state index in [0.29, 0.717) is 132 Å². The van der Waals surface area contributed by atoms with Crippen LogP contribution in [0.3, 0.4) is 0 Å². The van der Waals surface area contributed by atoms with E-state index in [9.17, 15) is 30.6 Å². The van der Waals surface area contributed by atoms with Gasteiger partial charge in [-0.15, -0.1) is 129 Å². The van der Waals surface area contributed by atoms with Gasteiger partial charge in [0.2, 0.25) is 30.8 Å². The van der Waals surface area contributed by atoms with E-state index in [4.69, 9.17) is 0 Å². The van der Waals surface area contributed by atoms with E-state index in [1.165, 1.54) is 68.0 Å². The fourth-order valence-electron chi connectivity index (χ4n) is 9.84. The Labute approximate surface area is 533 Å².